The van der Waals surface area contributed by atoms with Crippen LogP contribution < -0.4 is 10.1 Å². The van der Waals surface area contributed by atoms with E-state index in [4.69, 9.17) is 13.9 Å². The number of nitrogens with one attached hydrogen (secondary N) is 1. The highest BCUT2D eigenvalue weighted by Gasteiger charge is 2.25. The highest BCUT2D eigenvalue weighted by atomic mass is 16.5. The van der Waals surface area contributed by atoms with Crippen molar-refractivity contribution in [3.8, 4) is 5.75 Å². The van der Waals surface area contributed by atoms with E-state index in [9.17, 15) is 9.59 Å². The van der Waals surface area contributed by atoms with Gasteiger partial charge in [0.15, 0.2) is 5.76 Å². The minimum absolute atomic E-state index is 0.101. The van der Waals surface area contributed by atoms with Gasteiger partial charge in [-0.25, -0.2) is 0 Å². The van der Waals surface area contributed by atoms with Crippen LogP contribution in [0.25, 0.3) is 11.0 Å². The van der Waals surface area contributed by atoms with Gasteiger partial charge in [-0.05, 0) is 25.1 Å². The van der Waals surface area contributed by atoms with Gasteiger partial charge in [-0.3, -0.25) is 9.59 Å². The fourth-order valence-electron chi connectivity index (χ4n) is 3.10. The second-order valence-electron chi connectivity index (χ2n) is 6.44. The van der Waals surface area contributed by atoms with Gasteiger partial charge in [0.25, 0.3) is 5.91 Å². The maximum atomic E-state index is 13.1. The first kappa shape index (κ1) is 20.4. The first-order chi connectivity index (χ1) is 14.1. The number of ether oxygens (including phenoxy) is 2. The van der Waals surface area contributed by atoms with Crippen LogP contribution in [0.15, 0.2) is 52.9 Å². The number of carbonyl (C=O) groups is 2. The molecule has 0 fully saturated rings. The normalized spacial score (nSPS) is 10.7. The van der Waals surface area contributed by atoms with E-state index in [1.807, 2.05) is 25.1 Å². The number of nitrogens with zero attached hydrogens (tertiary/aromatic N) is 1. The van der Waals surface area contributed by atoms with Gasteiger partial charge in [0.1, 0.15) is 17.9 Å². The maximum absolute atomic E-state index is 13.1. The predicted molar refractivity (Wildman–Crippen MR) is 110 cm³/mol. The third kappa shape index (κ3) is 4.57. The molecule has 0 aliphatic carbocycles. The number of fused-ring (bicyclic) bond motifs is 1. The van der Waals surface area contributed by atoms with E-state index in [1.54, 1.807) is 44.6 Å². The van der Waals surface area contributed by atoms with Gasteiger partial charge in [-0.1, -0.05) is 24.3 Å². The third-order valence-electron chi connectivity index (χ3n) is 4.54. The Labute approximate surface area is 169 Å². The number of hydrogen-bond acceptors (Lipinski definition) is 5. The van der Waals surface area contributed by atoms with Gasteiger partial charge in [-0.2, -0.15) is 0 Å². The molecule has 7 nitrogen and oxygen atoms in total. The summed E-state index contributed by atoms with van der Waals surface area (Å²) in [4.78, 5) is 27.0. The summed E-state index contributed by atoms with van der Waals surface area (Å²) in [5.74, 6) is 0.177. The van der Waals surface area contributed by atoms with Crippen LogP contribution >= 0.6 is 0 Å². The topological polar surface area (TPSA) is 81.0 Å². The van der Waals surface area contributed by atoms with Crippen molar-refractivity contribution in [2.24, 2.45) is 0 Å². The molecule has 0 bridgehead atoms. The summed E-state index contributed by atoms with van der Waals surface area (Å²) in [6.07, 6.45) is 0. The number of amides is 2. The predicted octanol–water partition coefficient (Wildman–Crippen LogP) is 3.69. The lowest BCUT2D eigenvalue weighted by atomic mass is 10.1. The number of anilines is 1. The van der Waals surface area contributed by atoms with E-state index in [1.165, 1.54) is 4.90 Å². The van der Waals surface area contributed by atoms with Crippen molar-refractivity contribution in [3.63, 3.8) is 0 Å². The molecule has 0 unspecified atom stereocenters. The van der Waals surface area contributed by atoms with Gasteiger partial charge < -0.3 is 24.1 Å². The van der Waals surface area contributed by atoms with Crippen molar-refractivity contribution < 1.29 is 23.5 Å². The van der Waals surface area contributed by atoms with E-state index in [0.29, 0.717) is 29.1 Å². The minimum Gasteiger partial charge on any atom is -0.497 e. The second-order valence-corrected chi connectivity index (χ2v) is 6.44. The molecular weight excluding hydrogens is 372 g/mol. The molecule has 1 N–H and O–H groups in total. The first-order valence-electron chi connectivity index (χ1n) is 9.29. The summed E-state index contributed by atoms with van der Waals surface area (Å²) in [6.45, 7) is 2.31. The van der Waals surface area contributed by atoms with Crippen LogP contribution in [0.3, 0.4) is 0 Å². The molecule has 1 aromatic heterocycles. The number of hydrogen-bond donors (Lipinski definition) is 1. The third-order valence-corrected chi connectivity index (χ3v) is 4.54. The van der Waals surface area contributed by atoms with E-state index < -0.39 is 0 Å². The molecule has 1 heterocycles. The first-order valence-corrected chi connectivity index (χ1v) is 9.29. The van der Waals surface area contributed by atoms with Crippen LogP contribution in [0.2, 0.25) is 0 Å². The molecule has 0 aliphatic rings. The lowest BCUT2D eigenvalue weighted by molar-refractivity contribution is -0.116. The van der Waals surface area contributed by atoms with Crippen LogP contribution in [-0.2, 0) is 16.1 Å². The SMILES string of the molecule is CCN(CC(=O)Nc1cccc(OC)c1)C(=O)c1oc2ccccc2c1COC. The van der Waals surface area contributed by atoms with Gasteiger partial charge in [0.05, 0.1) is 13.7 Å². The maximum Gasteiger partial charge on any atom is 0.290 e. The van der Waals surface area contributed by atoms with Crippen molar-refractivity contribution in [3.05, 3.63) is 59.9 Å². The standard InChI is InChI=1S/C22H24N2O5/c1-4-24(13-20(25)23-15-8-7-9-16(12-15)28-3)22(26)21-18(14-27-2)17-10-5-6-11-19(17)29-21/h5-12H,4,13-14H2,1-3H3,(H,23,25). The highest BCUT2D eigenvalue weighted by Crippen LogP contribution is 2.27. The van der Waals surface area contributed by atoms with Crippen molar-refractivity contribution in [1.29, 1.82) is 0 Å². The lowest BCUT2D eigenvalue weighted by Crippen LogP contribution is -2.38. The average molecular weight is 396 g/mol. The van der Waals surface area contributed by atoms with Crippen molar-refractivity contribution >= 4 is 28.5 Å². The fraction of sp³-hybridized carbons (Fsp3) is 0.273. The minimum atomic E-state index is -0.350. The average Bonchev–Trinajstić information content (AvgIpc) is 3.10. The van der Waals surface area contributed by atoms with Gasteiger partial charge in [0, 0.05) is 36.4 Å². The monoisotopic (exact) mass is 396 g/mol. The van der Waals surface area contributed by atoms with Gasteiger partial charge in [-0.15, -0.1) is 0 Å². The Kier molecular flexibility index (Phi) is 6.51. The molecule has 3 aromatic rings. The fourth-order valence-corrected chi connectivity index (χ4v) is 3.10. The number of para-hydroxylation sites is 1. The Morgan fingerprint density at radius 1 is 1.10 bits per heavy atom. The van der Waals surface area contributed by atoms with Crippen molar-refractivity contribution in [1.82, 2.24) is 4.90 Å². The van der Waals surface area contributed by atoms with E-state index in [2.05, 4.69) is 5.32 Å². The van der Waals surface area contributed by atoms with Crippen molar-refractivity contribution in [2.45, 2.75) is 13.5 Å². The Morgan fingerprint density at radius 3 is 2.62 bits per heavy atom. The molecule has 0 spiro atoms. The zero-order chi connectivity index (χ0) is 20.8. The Bertz CT molecular complexity index is 1010. The van der Waals surface area contributed by atoms with E-state index >= 15 is 0 Å². The second kappa shape index (κ2) is 9.25. The van der Waals surface area contributed by atoms with Crippen LogP contribution in [0.5, 0.6) is 5.75 Å². The van der Waals surface area contributed by atoms with Crippen LogP contribution in [0.4, 0.5) is 5.69 Å². The van der Waals surface area contributed by atoms with Gasteiger partial charge in [0.2, 0.25) is 5.91 Å². The molecule has 0 saturated heterocycles. The summed E-state index contributed by atoms with van der Waals surface area (Å²) in [5.41, 5.74) is 1.89. The molecule has 3 rings (SSSR count). The summed E-state index contributed by atoms with van der Waals surface area (Å²) in [6, 6.07) is 14.5. The molecule has 29 heavy (non-hydrogen) atoms. The number of benzene rings is 2. The molecule has 0 saturated carbocycles. The molecule has 0 atom stereocenters. The lowest BCUT2D eigenvalue weighted by Gasteiger charge is -2.20. The number of furan rings is 1. The molecule has 0 radical (unpaired) electrons. The van der Waals surface area contributed by atoms with Gasteiger partial charge >= 0.3 is 0 Å². The molecule has 152 valence electrons. The molecule has 2 amide bonds. The van der Waals surface area contributed by atoms with Crippen LogP contribution in [0, 0.1) is 0 Å². The summed E-state index contributed by atoms with van der Waals surface area (Å²) >= 11 is 0. The quantitative estimate of drug-likeness (QED) is 0.628. The van der Waals surface area contributed by atoms with Crippen LogP contribution in [-0.4, -0.2) is 44.0 Å². The summed E-state index contributed by atoms with van der Waals surface area (Å²) in [5, 5.41) is 3.61. The largest absolute Gasteiger partial charge is 0.497 e. The Balaban J connectivity index is 1.79. The number of rotatable bonds is 8. The Morgan fingerprint density at radius 2 is 1.90 bits per heavy atom. The zero-order valence-corrected chi connectivity index (χ0v) is 16.7. The summed E-state index contributed by atoms with van der Waals surface area (Å²) in [7, 11) is 3.12. The molecular formula is C22H24N2O5. The number of carbonyl (C=O) groups excluding carboxylic acids is 2. The van der Waals surface area contributed by atoms with Crippen LogP contribution in [0.1, 0.15) is 23.0 Å². The summed E-state index contributed by atoms with van der Waals surface area (Å²) < 4.78 is 16.2. The Hall–Kier alpha value is -3.32. The number of likely N-dealkylation sites (N-methyl/N-ethyl adjacent to an activating group) is 1. The smallest absolute Gasteiger partial charge is 0.290 e. The molecule has 2 aromatic carbocycles. The zero-order valence-electron chi connectivity index (χ0n) is 16.7. The van der Waals surface area contributed by atoms with Crippen molar-refractivity contribution in [2.75, 3.05) is 32.6 Å². The number of methoxy groups -OCH3 is 2. The van der Waals surface area contributed by atoms with E-state index in [-0.39, 0.29) is 30.7 Å². The molecule has 0 aliphatic heterocycles. The molecule has 7 heteroatoms. The highest BCUT2D eigenvalue weighted by molar-refractivity contribution is 6.02. The van der Waals surface area contributed by atoms with E-state index in [0.717, 1.165) is 5.39 Å².